The van der Waals surface area contributed by atoms with Crippen LogP contribution in [0.2, 0.25) is 0 Å². The summed E-state index contributed by atoms with van der Waals surface area (Å²) in [6.45, 7) is 3.68. The van der Waals surface area contributed by atoms with Crippen molar-refractivity contribution in [1.82, 2.24) is 0 Å². The third-order valence-corrected chi connectivity index (χ3v) is 3.84. The third kappa shape index (κ3) is 4.73. The van der Waals surface area contributed by atoms with Crippen molar-refractivity contribution >= 4 is 13.4 Å². The number of hydrogen-bond donors (Lipinski definition) is 2. The molecule has 0 fully saturated rings. The molecule has 0 aliphatic carbocycles. The number of aryl methyl sites for hydroxylation is 1. The predicted molar refractivity (Wildman–Crippen MR) is 70.8 cm³/mol. The predicted octanol–water partition coefficient (Wildman–Crippen LogP) is 2.77. The standard InChI is InChI=1S/C13H19O4P/c1-10-6-3-4-8-12(10)13(14)11(2)7-5-9-18(15,16)17/h3-4,6,8,11H,5,7,9H2,1-2H3,(H2,15,16,17). The van der Waals surface area contributed by atoms with Crippen molar-refractivity contribution in [2.24, 2.45) is 5.92 Å². The van der Waals surface area contributed by atoms with Crippen molar-refractivity contribution < 1.29 is 19.1 Å². The minimum absolute atomic E-state index is 0.0406. The highest BCUT2D eigenvalue weighted by molar-refractivity contribution is 7.51. The highest BCUT2D eigenvalue weighted by Gasteiger charge is 2.19. The smallest absolute Gasteiger partial charge is 0.324 e. The molecule has 1 aromatic rings. The number of carbonyl (C=O) groups is 1. The van der Waals surface area contributed by atoms with Gasteiger partial charge in [-0.3, -0.25) is 9.36 Å². The molecule has 0 heterocycles. The summed E-state index contributed by atoms with van der Waals surface area (Å²) in [6, 6.07) is 7.37. The fourth-order valence-corrected chi connectivity index (χ4v) is 2.44. The molecule has 100 valence electrons. The molecule has 1 atom stereocenters. The molecule has 0 bridgehead atoms. The Bertz CT molecular complexity index is 464. The Hall–Kier alpha value is -0.960. The van der Waals surface area contributed by atoms with Crippen LogP contribution in [0.3, 0.4) is 0 Å². The lowest BCUT2D eigenvalue weighted by Gasteiger charge is -2.12. The van der Waals surface area contributed by atoms with Crippen LogP contribution < -0.4 is 0 Å². The minimum atomic E-state index is -3.94. The molecule has 0 amide bonds. The zero-order valence-electron chi connectivity index (χ0n) is 10.7. The van der Waals surface area contributed by atoms with Gasteiger partial charge in [-0.25, -0.2) is 0 Å². The first-order valence-corrected chi connectivity index (χ1v) is 7.75. The molecule has 0 aliphatic heterocycles. The molecule has 0 spiro atoms. The average Bonchev–Trinajstić information content (AvgIpc) is 2.27. The Morgan fingerprint density at radius 1 is 1.33 bits per heavy atom. The molecule has 1 unspecified atom stereocenters. The summed E-state index contributed by atoms with van der Waals surface area (Å²) in [7, 11) is -3.94. The van der Waals surface area contributed by atoms with Crippen LogP contribution in [0.1, 0.15) is 35.7 Å². The van der Waals surface area contributed by atoms with Gasteiger partial charge in [0.1, 0.15) is 0 Å². The highest BCUT2D eigenvalue weighted by atomic mass is 31.2. The van der Waals surface area contributed by atoms with Crippen molar-refractivity contribution in [2.45, 2.75) is 26.7 Å². The average molecular weight is 270 g/mol. The van der Waals surface area contributed by atoms with E-state index in [1.54, 1.807) is 13.0 Å². The molecule has 0 radical (unpaired) electrons. The van der Waals surface area contributed by atoms with Crippen molar-refractivity contribution in [1.29, 1.82) is 0 Å². The van der Waals surface area contributed by atoms with Gasteiger partial charge in [-0.2, -0.15) is 0 Å². The monoisotopic (exact) mass is 270 g/mol. The van der Waals surface area contributed by atoms with Gasteiger partial charge in [0.05, 0.1) is 0 Å². The molecule has 18 heavy (non-hydrogen) atoms. The SMILES string of the molecule is Cc1ccccc1C(=O)C(C)CCCP(=O)(O)O. The van der Waals surface area contributed by atoms with Gasteiger partial charge in [-0.1, -0.05) is 31.2 Å². The van der Waals surface area contributed by atoms with Crippen molar-refractivity contribution in [3.63, 3.8) is 0 Å². The summed E-state index contributed by atoms with van der Waals surface area (Å²) in [5.74, 6) is -0.170. The van der Waals surface area contributed by atoms with Crippen LogP contribution >= 0.6 is 7.60 Å². The first-order valence-electron chi connectivity index (χ1n) is 5.95. The van der Waals surface area contributed by atoms with Crippen molar-refractivity contribution in [3.8, 4) is 0 Å². The largest absolute Gasteiger partial charge is 0.325 e. The summed E-state index contributed by atoms with van der Waals surface area (Å²) in [4.78, 5) is 29.6. The van der Waals surface area contributed by atoms with E-state index in [4.69, 9.17) is 9.79 Å². The Morgan fingerprint density at radius 2 is 1.94 bits per heavy atom. The van der Waals surface area contributed by atoms with Crippen LogP contribution in [-0.2, 0) is 4.57 Å². The van der Waals surface area contributed by atoms with Gasteiger partial charge < -0.3 is 9.79 Å². The Labute approximate surface area is 107 Å². The van der Waals surface area contributed by atoms with E-state index in [0.717, 1.165) is 5.56 Å². The van der Waals surface area contributed by atoms with Gasteiger partial charge in [0.2, 0.25) is 0 Å². The molecule has 0 saturated carbocycles. The van der Waals surface area contributed by atoms with E-state index >= 15 is 0 Å². The first kappa shape index (κ1) is 15.1. The lowest BCUT2D eigenvalue weighted by Crippen LogP contribution is -2.13. The first-order chi connectivity index (χ1) is 8.31. The molecular weight excluding hydrogens is 251 g/mol. The third-order valence-electron chi connectivity index (χ3n) is 2.94. The topological polar surface area (TPSA) is 74.6 Å². The quantitative estimate of drug-likeness (QED) is 0.615. The summed E-state index contributed by atoms with van der Waals surface area (Å²) in [6.07, 6.45) is 0.708. The molecule has 2 N–H and O–H groups in total. The summed E-state index contributed by atoms with van der Waals surface area (Å²) < 4.78 is 10.7. The summed E-state index contributed by atoms with van der Waals surface area (Å²) >= 11 is 0. The van der Waals surface area contributed by atoms with E-state index in [1.807, 2.05) is 25.1 Å². The second-order valence-electron chi connectivity index (χ2n) is 4.61. The fraction of sp³-hybridized carbons (Fsp3) is 0.462. The van der Waals surface area contributed by atoms with Crippen LogP contribution in [0.5, 0.6) is 0 Å². The van der Waals surface area contributed by atoms with Gasteiger partial charge >= 0.3 is 7.60 Å². The number of ketones is 1. The van der Waals surface area contributed by atoms with E-state index in [0.29, 0.717) is 18.4 Å². The lowest BCUT2D eigenvalue weighted by atomic mass is 9.93. The second kappa shape index (κ2) is 6.28. The zero-order valence-corrected chi connectivity index (χ0v) is 11.6. The molecule has 0 aliphatic rings. The number of rotatable bonds is 6. The molecular formula is C13H19O4P. The van der Waals surface area contributed by atoms with Crippen LogP contribution in [0.25, 0.3) is 0 Å². The zero-order chi connectivity index (χ0) is 13.8. The Kier molecular flexibility index (Phi) is 5.27. The van der Waals surface area contributed by atoms with E-state index in [2.05, 4.69) is 0 Å². The fourth-order valence-electron chi connectivity index (χ4n) is 1.85. The minimum Gasteiger partial charge on any atom is -0.324 e. The number of hydrogen-bond acceptors (Lipinski definition) is 2. The number of carbonyl (C=O) groups excluding carboxylic acids is 1. The summed E-state index contributed by atoms with van der Waals surface area (Å²) in [5.41, 5.74) is 1.63. The Morgan fingerprint density at radius 3 is 2.50 bits per heavy atom. The van der Waals surface area contributed by atoms with E-state index in [9.17, 15) is 9.36 Å². The molecule has 0 saturated heterocycles. The van der Waals surface area contributed by atoms with Crippen LogP contribution in [0.4, 0.5) is 0 Å². The lowest BCUT2D eigenvalue weighted by molar-refractivity contribution is 0.0922. The van der Waals surface area contributed by atoms with Crippen LogP contribution in [-0.4, -0.2) is 21.7 Å². The van der Waals surface area contributed by atoms with E-state index in [-0.39, 0.29) is 17.9 Å². The highest BCUT2D eigenvalue weighted by Crippen LogP contribution is 2.36. The van der Waals surface area contributed by atoms with Gasteiger partial charge in [-0.15, -0.1) is 0 Å². The van der Waals surface area contributed by atoms with Crippen LogP contribution in [0, 0.1) is 12.8 Å². The summed E-state index contributed by atoms with van der Waals surface area (Å²) in [5, 5.41) is 0. The van der Waals surface area contributed by atoms with Gasteiger partial charge in [0.15, 0.2) is 5.78 Å². The maximum absolute atomic E-state index is 12.1. The molecule has 1 rings (SSSR count). The molecule has 1 aromatic carbocycles. The molecule has 4 nitrogen and oxygen atoms in total. The van der Waals surface area contributed by atoms with Gasteiger partial charge in [-0.05, 0) is 25.3 Å². The van der Waals surface area contributed by atoms with Crippen LogP contribution in [0.15, 0.2) is 24.3 Å². The van der Waals surface area contributed by atoms with E-state index < -0.39 is 7.60 Å². The maximum Gasteiger partial charge on any atom is 0.325 e. The number of benzene rings is 1. The normalized spacial score (nSPS) is 13.3. The molecule has 0 aromatic heterocycles. The maximum atomic E-state index is 12.1. The molecule has 5 heteroatoms. The van der Waals surface area contributed by atoms with Crippen molar-refractivity contribution in [3.05, 3.63) is 35.4 Å². The second-order valence-corrected chi connectivity index (χ2v) is 6.39. The van der Waals surface area contributed by atoms with Gasteiger partial charge in [0, 0.05) is 17.6 Å². The van der Waals surface area contributed by atoms with Gasteiger partial charge in [0.25, 0.3) is 0 Å². The van der Waals surface area contributed by atoms with E-state index in [1.165, 1.54) is 0 Å². The number of Topliss-reactive ketones (excluding diaryl/α,β-unsaturated/α-hetero) is 1. The van der Waals surface area contributed by atoms with Crippen molar-refractivity contribution in [2.75, 3.05) is 6.16 Å². The Balaban J connectivity index is 2.57.